The number of aryl methyl sites for hydroxylation is 2. The van der Waals surface area contributed by atoms with Crippen molar-refractivity contribution in [3.05, 3.63) is 41.8 Å². The van der Waals surface area contributed by atoms with Gasteiger partial charge in [0, 0.05) is 18.8 Å². The highest BCUT2D eigenvalue weighted by Gasteiger charge is 2.45. The van der Waals surface area contributed by atoms with Crippen LogP contribution in [-0.2, 0) is 18.4 Å². The number of aromatic nitrogens is 3. The molecule has 0 atom stereocenters. The minimum atomic E-state index is -0.0450. The van der Waals surface area contributed by atoms with Crippen LogP contribution in [0.25, 0.3) is 0 Å². The Balaban J connectivity index is 1.46. The maximum atomic E-state index is 5.58. The minimum Gasteiger partial charge on any atom is -0.337 e. The first kappa shape index (κ1) is 13.0. The van der Waals surface area contributed by atoms with Crippen LogP contribution in [0, 0.1) is 5.92 Å². The Morgan fingerprint density at radius 3 is 2.71 bits per heavy atom. The minimum absolute atomic E-state index is 0.0450. The average Bonchev–Trinajstić information content (AvgIpc) is 3.06. The zero-order valence-electron chi connectivity index (χ0n) is 12.1. The van der Waals surface area contributed by atoms with Crippen molar-refractivity contribution in [3.8, 4) is 0 Å². The maximum absolute atomic E-state index is 5.58. The molecule has 1 aliphatic carbocycles. The second-order valence-corrected chi connectivity index (χ2v) is 6.28. The van der Waals surface area contributed by atoms with Gasteiger partial charge in [-0.05, 0) is 62.3 Å². The Hall–Kier alpha value is -1.75. The summed E-state index contributed by atoms with van der Waals surface area (Å²) in [6, 6.07) is 4.06. The Morgan fingerprint density at radius 1 is 1.19 bits per heavy atom. The number of hydrogen-bond acceptors (Lipinski definition) is 5. The van der Waals surface area contributed by atoms with Gasteiger partial charge in [0.05, 0.1) is 5.54 Å². The first-order valence-electron chi connectivity index (χ1n) is 7.81. The monoisotopic (exact) mass is 284 g/mol. The van der Waals surface area contributed by atoms with Crippen molar-refractivity contribution in [2.45, 2.75) is 44.1 Å². The van der Waals surface area contributed by atoms with E-state index in [2.05, 4.69) is 20.4 Å². The van der Waals surface area contributed by atoms with E-state index in [9.17, 15) is 0 Å². The normalized spacial score (nSPS) is 27.9. The van der Waals surface area contributed by atoms with E-state index in [0.717, 1.165) is 49.9 Å². The number of nitrogens with one attached hydrogen (secondary N) is 1. The molecule has 0 unspecified atom stereocenters. The summed E-state index contributed by atoms with van der Waals surface area (Å²) in [6.45, 7) is 1.09. The van der Waals surface area contributed by atoms with E-state index in [1.165, 1.54) is 18.4 Å². The molecule has 5 rings (SSSR count). The topological polar surface area (TPSA) is 63.8 Å². The molecule has 1 saturated carbocycles. The molecule has 1 N–H and O–H groups in total. The zero-order valence-corrected chi connectivity index (χ0v) is 12.1. The van der Waals surface area contributed by atoms with Crippen molar-refractivity contribution in [3.63, 3.8) is 0 Å². The Labute approximate surface area is 124 Å². The summed E-state index contributed by atoms with van der Waals surface area (Å²) in [4.78, 5) is 8.69. The molecule has 0 aromatic carbocycles. The lowest BCUT2D eigenvalue weighted by Crippen LogP contribution is -2.53. The molecule has 2 aliphatic heterocycles. The van der Waals surface area contributed by atoms with Crippen LogP contribution < -0.4 is 5.32 Å². The molecule has 2 aromatic rings. The largest absolute Gasteiger partial charge is 0.337 e. The zero-order chi connectivity index (χ0) is 14.1. The van der Waals surface area contributed by atoms with Crippen LogP contribution in [0.15, 0.2) is 29.0 Å². The molecule has 0 spiro atoms. The van der Waals surface area contributed by atoms with Crippen LogP contribution in [0.2, 0.25) is 0 Å². The van der Waals surface area contributed by atoms with Crippen molar-refractivity contribution in [1.29, 1.82) is 0 Å². The van der Waals surface area contributed by atoms with Crippen molar-refractivity contribution < 1.29 is 4.52 Å². The molecule has 5 nitrogen and oxygen atoms in total. The van der Waals surface area contributed by atoms with Gasteiger partial charge < -0.3 is 9.84 Å². The Morgan fingerprint density at radius 2 is 2.00 bits per heavy atom. The number of hydrogen-bond donors (Lipinski definition) is 1. The summed E-state index contributed by atoms with van der Waals surface area (Å²) in [7, 11) is 0. The molecule has 0 amide bonds. The summed E-state index contributed by atoms with van der Waals surface area (Å²) in [5, 5.41) is 7.81. The van der Waals surface area contributed by atoms with Crippen LogP contribution in [0.1, 0.15) is 43.0 Å². The van der Waals surface area contributed by atoms with Gasteiger partial charge in [-0.2, -0.15) is 4.98 Å². The molecular weight excluding hydrogens is 264 g/mol. The number of nitrogens with zero attached hydrogens (tertiary/aromatic N) is 3. The number of rotatable bonds is 4. The van der Waals surface area contributed by atoms with E-state index in [0.29, 0.717) is 0 Å². The summed E-state index contributed by atoms with van der Waals surface area (Å²) < 4.78 is 5.58. The van der Waals surface area contributed by atoms with Crippen LogP contribution in [0.5, 0.6) is 0 Å². The molecule has 21 heavy (non-hydrogen) atoms. The summed E-state index contributed by atoms with van der Waals surface area (Å²) >= 11 is 0. The second kappa shape index (κ2) is 5.22. The van der Waals surface area contributed by atoms with E-state index in [1.807, 2.05) is 24.5 Å². The number of fused-ring (bicyclic) bond motifs is 3. The Kier molecular flexibility index (Phi) is 3.22. The molecule has 0 radical (unpaired) electrons. The van der Waals surface area contributed by atoms with Gasteiger partial charge >= 0.3 is 0 Å². The molecular formula is C16H20N4O. The summed E-state index contributed by atoms with van der Waals surface area (Å²) in [5.41, 5.74) is 1.21. The van der Waals surface area contributed by atoms with Crippen molar-refractivity contribution >= 4 is 0 Å². The van der Waals surface area contributed by atoms with E-state index in [-0.39, 0.29) is 5.54 Å². The van der Waals surface area contributed by atoms with Crippen LogP contribution in [-0.4, -0.2) is 21.7 Å². The number of piperidine rings is 2. The third kappa shape index (κ3) is 2.46. The maximum Gasteiger partial charge on any atom is 0.246 e. The van der Waals surface area contributed by atoms with Gasteiger partial charge in [0.25, 0.3) is 0 Å². The number of pyridine rings is 1. The molecule has 4 heterocycles. The van der Waals surface area contributed by atoms with Crippen LogP contribution in [0.3, 0.4) is 0 Å². The lowest BCUT2D eigenvalue weighted by Gasteiger charge is -2.44. The lowest BCUT2D eigenvalue weighted by molar-refractivity contribution is 0.0848. The van der Waals surface area contributed by atoms with Crippen molar-refractivity contribution in [2.24, 2.45) is 5.92 Å². The van der Waals surface area contributed by atoms with Gasteiger partial charge in [0.15, 0.2) is 5.82 Å². The second-order valence-electron chi connectivity index (χ2n) is 6.28. The van der Waals surface area contributed by atoms with Crippen LogP contribution in [0.4, 0.5) is 0 Å². The van der Waals surface area contributed by atoms with Crippen molar-refractivity contribution in [2.75, 3.05) is 6.54 Å². The predicted molar refractivity (Wildman–Crippen MR) is 77.6 cm³/mol. The molecule has 3 fully saturated rings. The quantitative estimate of drug-likeness (QED) is 0.933. The van der Waals surface area contributed by atoms with Gasteiger partial charge in [0.2, 0.25) is 5.89 Å². The van der Waals surface area contributed by atoms with Crippen molar-refractivity contribution in [1.82, 2.24) is 20.4 Å². The van der Waals surface area contributed by atoms with Gasteiger partial charge in [-0.3, -0.25) is 4.98 Å². The third-order valence-electron chi connectivity index (χ3n) is 4.95. The molecule has 2 bridgehead atoms. The molecule has 5 heteroatoms. The first-order valence-corrected chi connectivity index (χ1v) is 7.81. The molecule has 110 valence electrons. The Bertz CT molecular complexity index is 588. The fraction of sp³-hybridized carbons (Fsp3) is 0.562. The first-order chi connectivity index (χ1) is 10.3. The van der Waals surface area contributed by atoms with E-state index < -0.39 is 0 Å². The molecule has 3 aliphatic rings. The highest BCUT2D eigenvalue weighted by atomic mass is 16.5. The summed E-state index contributed by atoms with van der Waals surface area (Å²) in [5.74, 6) is 2.46. The highest BCUT2D eigenvalue weighted by Crippen LogP contribution is 2.42. The highest BCUT2D eigenvalue weighted by molar-refractivity contribution is 5.12. The van der Waals surface area contributed by atoms with Crippen LogP contribution >= 0.6 is 0 Å². The molecule has 2 saturated heterocycles. The fourth-order valence-corrected chi connectivity index (χ4v) is 3.54. The average molecular weight is 284 g/mol. The van der Waals surface area contributed by atoms with Gasteiger partial charge in [0.1, 0.15) is 0 Å². The van der Waals surface area contributed by atoms with E-state index in [1.54, 1.807) is 0 Å². The van der Waals surface area contributed by atoms with Gasteiger partial charge in [-0.25, -0.2) is 0 Å². The lowest BCUT2D eigenvalue weighted by atomic mass is 9.72. The SMILES string of the molecule is c1cc(CCc2noc(C34CCC(CC3)CN4)n2)ccn1. The predicted octanol–water partition coefficient (Wildman–Crippen LogP) is 2.24. The van der Waals surface area contributed by atoms with E-state index >= 15 is 0 Å². The third-order valence-corrected chi connectivity index (χ3v) is 4.95. The molecule has 2 aromatic heterocycles. The summed E-state index contributed by atoms with van der Waals surface area (Å²) in [6.07, 6.45) is 10.2. The fourth-order valence-electron chi connectivity index (χ4n) is 3.54. The van der Waals surface area contributed by atoms with E-state index in [4.69, 9.17) is 4.52 Å². The van der Waals surface area contributed by atoms with Gasteiger partial charge in [-0.1, -0.05) is 5.16 Å². The smallest absolute Gasteiger partial charge is 0.246 e. The standard InChI is InChI=1S/C16H20N4O/c1(12-5-9-17-10-6-12)2-14-19-15(21-20-14)16-7-3-13(4-8-16)11-18-16/h5-6,9-10,13,18H,1-4,7-8,11H2. The van der Waals surface area contributed by atoms with Gasteiger partial charge in [-0.15, -0.1) is 0 Å².